The highest BCUT2D eigenvalue weighted by Gasteiger charge is 2.31. The molecule has 0 aliphatic carbocycles. The molecule has 1 fully saturated rings. The fourth-order valence-corrected chi connectivity index (χ4v) is 3.58. The number of amides is 2. The van der Waals surface area contributed by atoms with Crippen molar-refractivity contribution in [3.05, 3.63) is 35.9 Å². The van der Waals surface area contributed by atoms with Gasteiger partial charge in [-0.15, -0.1) is 0 Å². The van der Waals surface area contributed by atoms with E-state index in [1.807, 2.05) is 43.9 Å². The summed E-state index contributed by atoms with van der Waals surface area (Å²) in [5.74, 6) is -0.0950. The maximum absolute atomic E-state index is 13.2. The van der Waals surface area contributed by atoms with Crippen LogP contribution in [0.5, 0.6) is 0 Å². The SMILES string of the molecule is CCC1CCCCN1C(=O)c1nc(C(=O)NC(C)(C)C)n2ccccc12. The van der Waals surface area contributed by atoms with E-state index in [-0.39, 0.29) is 29.2 Å². The van der Waals surface area contributed by atoms with E-state index < -0.39 is 0 Å². The fraction of sp³-hybridized carbons (Fsp3) is 0.550. The Morgan fingerprint density at radius 2 is 2.04 bits per heavy atom. The summed E-state index contributed by atoms with van der Waals surface area (Å²) in [6.07, 6.45) is 5.93. The van der Waals surface area contributed by atoms with E-state index >= 15 is 0 Å². The van der Waals surface area contributed by atoms with Gasteiger partial charge in [-0.1, -0.05) is 13.0 Å². The summed E-state index contributed by atoms with van der Waals surface area (Å²) in [4.78, 5) is 32.3. The molecule has 3 rings (SSSR count). The molecule has 1 N–H and O–H groups in total. The number of piperidine rings is 1. The number of imidazole rings is 1. The van der Waals surface area contributed by atoms with Crippen LogP contribution in [0, 0.1) is 0 Å². The molecule has 1 aliphatic heterocycles. The highest BCUT2D eigenvalue weighted by atomic mass is 16.2. The van der Waals surface area contributed by atoms with Crippen LogP contribution in [0.1, 0.15) is 74.5 Å². The average Bonchev–Trinajstić information content (AvgIpc) is 2.99. The second kappa shape index (κ2) is 7.09. The number of pyridine rings is 1. The van der Waals surface area contributed by atoms with Gasteiger partial charge in [-0.3, -0.25) is 14.0 Å². The summed E-state index contributed by atoms with van der Waals surface area (Å²) >= 11 is 0. The molecule has 2 aromatic heterocycles. The molecule has 1 unspecified atom stereocenters. The average molecular weight is 356 g/mol. The van der Waals surface area contributed by atoms with Gasteiger partial charge >= 0.3 is 0 Å². The molecular weight excluding hydrogens is 328 g/mol. The second-order valence-corrected chi connectivity index (χ2v) is 8.00. The van der Waals surface area contributed by atoms with Gasteiger partial charge in [0, 0.05) is 24.3 Å². The summed E-state index contributed by atoms with van der Waals surface area (Å²) in [5.41, 5.74) is 0.671. The lowest BCUT2D eigenvalue weighted by Crippen LogP contribution is -2.43. The summed E-state index contributed by atoms with van der Waals surface area (Å²) in [7, 11) is 0. The number of fused-ring (bicyclic) bond motifs is 1. The molecule has 0 spiro atoms. The minimum atomic E-state index is -0.373. The number of hydrogen-bond donors (Lipinski definition) is 1. The number of nitrogens with one attached hydrogen (secondary N) is 1. The maximum atomic E-state index is 13.2. The van der Waals surface area contributed by atoms with Gasteiger partial charge in [-0.05, 0) is 58.6 Å². The predicted molar refractivity (Wildman–Crippen MR) is 101 cm³/mol. The zero-order valence-electron chi connectivity index (χ0n) is 16.1. The van der Waals surface area contributed by atoms with Crippen LogP contribution in [0.25, 0.3) is 5.52 Å². The Morgan fingerprint density at radius 3 is 2.73 bits per heavy atom. The molecule has 1 saturated heterocycles. The molecule has 0 saturated carbocycles. The van der Waals surface area contributed by atoms with Gasteiger partial charge in [-0.25, -0.2) is 4.98 Å². The van der Waals surface area contributed by atoms with Gasteiger partial charge in [0.15, 0.2) is 5.69 Å². The molecular formula is C20H28N4O2. The molecule has 6 heteroatoms. The molecule has 0 aromatic carbocycles. The molecule has 140 valence electrons. The molecule has 2 aromatic rings. The summed E-state index contributed by atoms with van der Waals surface area (Å²) in [6, 6.07) is 5.81. The Kier molecular flexibility index (Phi) is 5.03. The Hall–Kier alpha value is -2.37. The maximum Gasteiger partial charge on any atom is 0.288 e. The van der Waals surface area contributed by atoms with Crippen molar-refractivity contribution < 1.29 is 9.59 Å². The van der Waals surface area contributed by atoms with Crippen LogP contribution < -0.4 is 5.32 Å². The van der Waals surface area contributed by atoms with Crippen LogP contribution in [0.2, 0.25) is 0 Å². The highest BCUT2D eigenvalue weighted by molar-refractivity contribution is 6.02. The molecule has 3 heterocycles. The van der Waals surface area contributed by atoms with Crippen molar-refractivity contribution >= 4 is 17.3 Å². The highest BCUT2D eigenvalue weighted by Crippen LogP contribution is 2.24. The Bertz CT molecular complexity index is 819. The van der Waals surface area contributed by atoms with Crippen molar-refractivity contribution in [2.75, 3.05) is 6.54 Å². The fourth-order valence-electron chi connectivity index (χ4n) is 3.58. The third-order valence-corrected chi connectivity index (χ3v) is 4.80. The number of aromatic nitrogens is 2. The number of nitrogens with zero attached hydrogens (tertiary/aromatic N) is 3. The van der Waals surface area contributed by atoms with Crippen molar-refractivity contribution in [3.63, 3.8) is 0 Å². The normalized spacial score (nSPS) is 18.2. The molecule has 2 amide bonds. The van der Waals surface area contributed by atoms with Crippen molar-refractivity contribution in [2.45, 2.75) is 65.0 Å². The number of carbonyl (C=O) groups excluding carboxylic acids is 2. The smallest absolute Gasteiger partial charge is 0.288 e. The molecule has 6 nitrogen and oxygen atoms in total. The van der Waals surface area contributed by atoms with E-state index in [9.17, 15) is 9.59 Å². The first-order valence-electron chi connectivity index (χ1n) is 9.42. The lowest BCUT2D eigenvalue weighted by atomic mass is 9.99. The van der Waals surface area contributed by atoms with Crippen molar-refractivity contribution in [3.8, 4) is 0 Å². The summed E-state index contributed by atoms with van der Waals surface area (Å²) in [6.45, 7) is 8.64. The number of carbonyl (C=O) groups is 2. The van der Waals surface area contributed by atoms with Gasteiger partial charge in [0.05, 0.1) is 5.52 Å². The lowest BCUT2D eigenvalue weighted by molar-refractivity contribution is 0.0604. The largest absolute Gasteiger partial charge is 0.345 e. The van der Waals surface area contributed by atoms with Crippen LogP contribution in [0.15, 0.2) is 24.4 Å². The molecule has 26 heavy (non-hydrogen) atoms. The number of hydrogen-bond acceptors (Lipinski definition) is 3. The summed E-state index contributed by atoms with van der Waals surface area (Å²) in [5, 5.41) is 2.93. The zero-order chi connectivity index (χ0) is 18.9. The van der Waals surface area contributed by atoms with Gasteiger partial charge in [0.2, 0.25) is 5.82 Å². The zero-order valence-corrected chi connectivity index (χ0v) is 16.1. The standard InChI is InChI=1S/C20H28N4O2/c1-5-14-10-6-8-12-23(14)19(26)16-15-11-7-9-13-24(15)17(21-16)18(25)22-20(2,3)4/h7,9,11,13-14H,5-6,8,10,12H2,1-4H3,(H,22,25). The third kappa shape index (κ3) is 3.59. The van der Waals surface area contributed by atoms with E-state index in [4.69, 9.17) is 0 Å². The van der Waals surface area contributed by atoms with Gasteiger partial charge in [-0.2, -0.15) is 0 Å². The monoisotopic (exact) mass is 356 g/mol. The number of likely N-dealkylation sites (tertiary alicyclic amines) is 1. The first-order valence-corrected chi connectivity index (χ1v) is 9.42. The van der Waals surface area contributed by atoms with Crippen molar-refractivity contribution in [1.29, 1.82) is 0 Å². The lowest BCUT2D eigenvalue weighted by Gasteiger charge is -2.34. The van der Waals surface area contributed by atoms with Gasteiger partial charge in [0.25, 0.3) is 11.8 Å². The first-order chi connectivity index (χ1) is 12.3. The molecule has 1 aliphatic rings. The summed E-state index contributed by atoms with van der Waals surface area (Å²) < 4.78 is 1.71. The van der Waals surface area contributed by atoms with Gasteiger partial charge in [0.1, 0.15) is 0 Å². The minimum Gasteiger partial charge on any atom is -0.345 e. The van der Waals surface area contributed by atoms with Gasteiger partial charge < -0.3 is 10.2 Å². The number of rotatable bonds is 3. The van der Waals surface area contributed by atoms with E-state index in [0.717, 1.165) is 32.2 Å². The van der Waals surface area contributed by atoms with E-state index in [1.54, 1.807) is 10.6 Å². The van der Waals surface area contributed by atoms with Crippen LogP contribution in [0.3, 0.4) is 0 Å². The van der Waals surface area contributed by atoms with Crippen LogP contribution in [-0.2, 0) is 0 Å². The van der Waals surface area contributed by atoms with Crippen LogP contribution in [0.4, 0.5) is 0 Å². The molecule has 0 bridgehead atoms. The van der Waals surface area contributed by atoms with Crippen molar-refractivity contribution in [2.24, 2.45) is 0 Å². The van der Waals surface area contributed by atoms with E-state index in [2.05, 4.69) is 17.2 Å². The topological polar surface area (TPSA) is 66.7 Å². The van der Waals surface area contributed by atoms with Crippen molar-refractivity contribution in [1.82, 2.24) is 19.6 Å². The predicted octanol–water partition coefficient (Wildman–Crippen LogP) is 3.27. The second-order valence-electron chi connectivity index (χ2n) is 8.00. The molecule has 0 radical (unpaired) electrons. The third-order valence-electron chi connectivity index (χ3n) is 4.80. The van der Waals surface area contributed by atoms with Crippen LogP contribution in [-0.4, -0.2) is 44.2 Å². The van der Waals surface area contributed by atoms with E-state index in [0.29, 0.717) is 11.2 Å². The quantitative estimate of drug-likeness (QED) is 0.918. The van der Waals surface area contributed by atoms with E-state index in [1.165, 1.54) is 0 Å². The minimum absolute atomic E-state index is 0.0740. The van der Waals surface area contributed by atoms with Crippen LogP contribution >= 0.6 is 0 Å². The first kappa shape index (κ1) is 18.4. The Balaban J connectivity index is 2.01. The Labute approximate surface area is 154 Å². The molecule has 1 atom stereocenters. The Morgan fingerprint density at radius 1 is 1.27 bits per heavy atom.